The van der Waals surface area contributed by atoms with Crippen molar-refractivity contribution >= 4 is 23.0 Å². The second-order valence-corrected chi connectivity index (χ2v) is 6.39. The number of hydrogen-bond donors (Lipinski definition) is 1. The molecule has 0 saturated carbocycles. The molecule has 1 atom stereocenters. The Balaban J connectivity index is 1.85. The summed E-state index contributed by atoms with van der Waals surface area (Å²) in [6.45, 7) is 2.23. The van der Waals surface area contributed by atoms with Gasteiger partial charge in [-0.05, 0) is 43.2 Å². The SMILES string of the molecule is CC1Cc2cc3c(cc2C(c2ccc([N+](=O)[O-])c(Cl)c2)=NN1)OCO3. The first-order valence-electron chi connectivity index (χ1n) is 7.73. The first kappa shape index (κ1) is 15.7. The van der Waals surface area contributed by atoms with Gasteiger partial charge in [0.1, 0.15) is 5.02 Å². The van der Waals surface area contributed by atoms with E-state index in [1.54, 1.807) is 12.1 Å². The molecular formula is C17H14ClN3O4. The summed E-state index contributed by atoms with van der Waals surface area (Å²) in [5, 5.41) is 15.6. The van der Waals surface area contributed by atoms with Crippen LogP contribution in [-0.2, 0) is 6.42 Å². The van der Waals surface area contributed by atoms with Crippen molar-refractivity contribution in [1.82, 2.24) is 5.43 Å². The van der Waals surface area contributed by atoms with Crippen molar-refractivity contribution < 1.29 is 14.4 Å². The highest BCUT2D eigenvalue weighted by molar-refractivity contribution is 6.33. The lowest BCUT2D eigenvalue weighted by Gasteiger charge is -2.11. The van der Waals surface area contributed by atoms with Crippen LogP contribution in [0.3, 0.4) is 0 Å². The van der Waals surface area contributed by atoms with E-state index < -0.39 is 4.92 Å². The lowest BCUT2D eigenvalue weighted by Crippen LogP contribution is -2.21. The summed E-state index contributed by atoms with van der Waals surface area (Å²) >= 11 is 6.07. The first-order valence-corrected chi connectivity index (χ1v) is 8.11. The van der Waals surface area contributed by atoms with Crippen LogP contribution >= 0.6 is 11.6 Å². The van der Waals surface area contributed by atoms with E-state index in [0.717, 1.165) is 17.5 Å². The van der Waals surface area contributed by atoms with Crippen molar-refractivity contribution in [2.75, 3.05) is 6.79 Å². The number of nitro groups is 1. The van der Waals surface area contributed by atoms with Gasteiger partial charge in [-0.25, -0.2) is 0 Å². The van der Waals surface area contributed by atoms with Crippen molar-refractivity contribution in [1.29, 1.82) is 0 Å². The molecule has 1 unspecified atom stereocenters. The molecule has 2 aromatic carbocycles. The molecule has 2 aliphatic heterocycles. The molecule has 2 heterocycles. The zero-order valence-corrected chi connectivity index (χ0v) is 14.0. The molecule has 0 bridgehead atoms. The fourth-order valence-electron chi connectivity index (χ4n) is 3.01. The van der Waals surface area contributed by atoms with Crippen molar-refractivity contribution in [3.8, 4) is 11.5 Å². The quantitative estimate of drug-likeness (QED) is 0.657. The van der Waals surface area contributed by atoms with Crippen LogP contribution in [0.4, 0.5) is 5.69 Å². The van der Waals surface area contributed by atoms with Crippen LogP contribution in [0.25, 0.3) is 0 Å². The van der Waals surface area contributed by atoms with Crippen LogP contribution in [0.15, 0.2) is 35.4 Å². The largest absolute Gasteiger partial charge is 0.454 e. The van der Waals surface area contributed by atoms with Gasteiger partial charge in [0.05, 0.1) is 10.6 Å². The van der Waals surface area contributed by atoms with E-state index in [9.17, 15) is 10.1 Å². The van der Waals surface area contributed by atoms with E-state index >= 15 is 0 Å². The van der Waals surface area contributed by atoms with Crippen LogP contribution in [0, 0.1) is 10.1 Å². The van der Waals surface area contributed by atoms with Crippen LogP contribution in [0.1, 0.15) is 23.6 Å². The Morgan fingerprint density at radius 2 is 2.04 bits per heavy atom. The van der Waals surface area contributed by atoms with Crippen LogP contribution in [0.2, 0.25) is 5.02 Å². The summed E-state index contributed by atoms with van der Waals surface area (Å²) in [4.78, 5) is 10.5. The minimum absolute atomic E-state index is 0.0739. The zero-order valence-electron chi connectivity index (χ0n) is 13.3. The third-order valence-electron chi connectivity index (χ3n) is 4.19. The van der Waals surface area contributed by atoms with E-state index in [1.807, 2.05) is 19.1 Å². The molecule has 0 radical (unpaired) electrons. The Morgan fingerprint density at radius 1 is 1.28 bits per heavy atom. The van der Waals surface area contributed by atoms with E-state index in [-0.39, 0.29) is 23.5 Å². The van der Waals surface area contributed by atoms with E-state index in [0.29, 0.717) is 22.8 Å². The van der Waals surface area contributed by atoms with Gasteiger partial charge < -0.3 is 14.9 Å². The van der Waals surface area contributed by atoms with Gasteiger partial charge in [-0.15, -0.1) is 0 Å². The maximum Gasteiger partial charge on any atom is 0.287 e. The Bertz CT molecular complexity index is 913. The summed E-state index contributed by atoms with van der Waals surface area (Å²) in [6, 6.07) is 8.58. The molecule has 1 N–H and O–H groups in total. The van der Waals surface area contributed by atoms with Crippen molar-refractivity contribution in [3.63, 3.8) is 0 Å². The summed E-state index contributed by atoms with van der Waals surface area (Å²) < 4.78 is 10.9. The van der Waals surface area contributed by atoms with E-state index in [4.69, 9.17) is 21.1 Å². The molecule has 0 amide bonds. The Morgan fingerprint density at radius 3 is 2.76 bits per heavy atom. The normalized spacial score (nSPS) is 18.0. The fraction of sp³-hybridized carbons (Fsp3) is 0.235. The first-order chi connectivity index (χ1) is 12.0. The number of ether oxygens (including phenoxy) is 2. The topological polar surface area (TPSA) is 86.0 Å². The summed E-state index contributed by atoms with van der Waals surface area (Å²) in [6.07, 6.45) is 0.764. The molecule has 0 aromatic heterocycles. The van der Waals surface area contributed by atoms with Crippen LogP contribution in [-0.4, -0.2) is 23.5 Å². The molecule has 7 nitrogen and oxygen atoms in total. The molecule has 0 aliphatic carbocycles. The molecule has 0 saturated heterocycles. The number of hydrazone groups is 1. The third kappa shape index (κ3) is 2.76. The second kappa shape index (κ2) is 5.93. The average Bonchev–Trinajstić information content (AvgIpc) is 2.95. The summed E-state index contributed by atoms with van der Waals surface area (Å²) in [7, 11) is 0. The Hall–Kier alpha value is -2.80. The fourth-order valence-corrected chi connectivity index (χ4v) is 3.26. The zero-order chi connectivity index (χ0) is 17.6. The highest BCUT2D eigenvalue weighted by Crippen LogP contribution is 2.37. The second-order valence-electron chi connectivity index (χ2n) is 5.98. The molecule has 2 aromatic rings. The predicted molar refractivity (Wildman–Crippen MR) is 92.6 cm³/mol. The number of fused-ring (bicyclic) bond motifs is 2. The summed E-state index contributed by atoms with van der Waals surface area (Å²) in [5.74, 6) is 1.38. The van der Waals surface area contributed by atoms with Crippen molar-refractivity contribution in [2.45, 2.75) is 19.4 Å². The minimum atomic E-state index is -0.507. The number of benzene rings is 2. The van der Waals surface area contributed by atoms with E-state index in [2.05, 4.69) is 10.5 Å². The Kier molecular flexibility index (Phi) is 3.73. The molecule has 4 rings (SSSR count). The number of nitrogens with zero attached hydrogens (tertiary/aromatic N) is 2. The maximum atomic E-state index is 11.0. The highest BCUT2D eigenvalue weighted by atomic mass is 35.5. The number of nitrogens with one attached hydrogen (secondary N) is 1. The number of rotatable bonds is 2. The van der Waals surface area contributed by atoms with Gasteiger partial charge in [-0.3, -0.25) is 10.1 Å². The summed E-state index contributed by atoms with van der Waals surface area (Å²) in [5.41, 5.74) is 6.28. The monoisotopic (exact) mass is 359 g/mol. The van der Waals surface area contributed by atoms with Gasteiger partial charge in [0.25, 0.3) is 5.69 Å². The van der Waals surface area contributed by atoms with Crippen molar-refractivity contribution in [2.24, 2.45) is 5.10 Å². The standard InChI is InChI=1S/C17H14ClN3O4/c1-9-4-11-6-15-16(25-8-24-15)7-12(11)17(20-19-9)10-2-3-14(21(22)23)13(18)5-10/h2-3,5-7,9,19H,4,8H2,1H3. The predicted octanol–water partition coefficient (Wildman–Crippen LogP) is 3.26. The molecule has 2 aliphatic rings. The molecule has 25 heavy (non-hydrogen) atoms. The van der Waals surface area contributed by atoms with Gasteiger partial charge in [-0.1, -0.05) is 11.6 Å². The van der Waals surface area contributed by atoms with Gasteiger partial charge >= 0.3 is 0 Å². The van der Waals surface area contributed by atoms with E-state index in [1.165, 1.54) is 6.07 Å². The molecular weight excluding hydrogens is 346 g/mol. The maximum absolute atomic E-state index is 11.0. The van der Waals surface area contributed by atoms with Gasteiger partial charge in [0, 0.05) is 23.2 Å². The number of nitro benzene ring substituents is 1. The van der Waals surface area contributed by atoms with Crippen LogP contribution in [0.5, 0.6) is 11.5 Å². The molecule has 8 heteroatoms. The number of halogens is 1. The average molecular weight is 360 g/mol. The molecule has 128 valence electrons. The third-order valence-corrected chi connectivity index (χ3v) is 4.50. The number of hydrogen-bond acceptors (Lipinski definition) is 6. The molecule has 0 fully saturated rings. The molecule has 0 spiro atoms. The smallest absolute Gasteiger partial charge is 0.287 e. The highest BCUT2D eigenvalue weighted by Gasteiger charge is 2.25. The lowest BCUT2D eigenvalue weighted by atomic mass is 9.94. The van der Waals surface area contributed by atoms with Gasteiger partial charge in [0.2, 0.25) is 6.79 Å². The van der Waals surface area contributed by atoms with Gasteiger partial charge in [-0.2, -0.15) is 5.10 Å². The van der Waals surface area contributed by atoms with Gasteiger partial charge in [0.15, 0.2) is 11.5 Å². The van der Waals surface area contributed by atoms with Crippen LogP contribution < -0.4 is 14.9 Å². The Labute approximate surface area is 148 Å². The van der Waals surface area contributed by atoms with Crippen molar-refractivity contribution in [3.05, 3.63) is 62.2 Å². The minimum Gasteiger partial charge on any atom is -0.454 e. The lowest BCUT2D eigenvalue weighted by molar-refractivity contribution is -0.384.